The lowest BCUT2D eigenvalue weighted by molar-refractivity contribution is -0.154. The fourth-order valence-corrected chi connectivity index (χ4v) is 5.89. The summed E-state index contributed by atoms with van der Waals surface area (Å²) >= 11 is 0. The van der Waals surface area contributed by atoms with Crippen LogP contribution in [0, 0.1) is 0 Å². The summed E-state index contributed by atoms with van der Waals surface area (Å²) in [4.78, 5) is 22.4. The van der Waals surface area contributed by atoms with Gasteiger partial charge < -0.3 is 20.1 Å². The van der Waals surface area contributed by atoms with E-state index in [1.165, 1.54) is 70.6 Å². The minimum atomic E-state index is -4.28. The van der Waals surface area contributed by atoms with Crippen molar-refractivity contribution in [2.75, 3.05) is 33.0 Å². The largest absolute Gasteiger partial charge is 0.472 e. The van der Waals surface area contributed by atoms with E-state index in [1.54, 1.807) is 0 Å². The molecule has 3 N–H and O–H groups in total. The Kier molecular flexibility index (Phi) is 36.5. The SMILES string of the molecule is CC/C=C\C/C=C\C/C=C\CCCCCCCCCCOCC(COP(=O)(O)OCCN)OC(=O)CCCCCCC/C=C\CCCCC. The lowest BCUT2D eigenvalue weighted by atomic mass is 10.1. The zero-order valence-corrected chi connectivity index (χ0v) is 32.3. The van der Waals surface area contributed by atoms with E-state index in [-0.39, 0.29) is 32.3 Å². The van der Waals surface area contributed by atoms with Gasteiger partial charge in [0.1, 0.15) is 6.10 Å². The number of phosphoric ester groups is 1. The average molecular weight is 712 g/mol. The van der Waals surface area contributed by atoms with Gasteiger partial charge >= 0.3 is 13.8 Å². The summed E-state index contributed by atoms with van der Waals surface area (Å²) in [6, 6.07) is 0. The predicted molar refractivity (Wildman–Crippen MR) is 206 cm³/mol. The molecule has 2 atom stereocenters. The van der Waals surface area contributed by atoms with Gasteiger partial charge in [0.25, 0.3) is 0 Å². The third-order valence-electron chi connectivity index (χ3n) is 7.98. The number of carbonyl (C=O) groups is 1. The molecule has 0 bridgehead atoms. The van der Waals surface area contributed by atoms with Gasteiger partial charge in [-0.25, -0.2) is 4.57 Å². The topological polar surface area (TPSA) is 117 Å². The van der Waals surface area contributed by atoms with Gasteiger partial charge in [-0.15, -0.1) is 0 Å². The third-order valence-corrected chi connectivity index (χ3v) is 8.96. The first-order valence-corrected chi connectivity index (χ1v) is 21.1. The molecule has 0 aromatic heterocycles. The normalized spacial score (nSPS) is 14.1. The molecule has 0 spiro atoms. The highest BCUT2D eigenvalue weighted by Crippen LogP contribution is 2.43. The maximum atomic E-state index is 12.5. The smallest absolute Gasteiger partial charge is 0.457 e. The lowest BCUT2D eigenvalue weighted by Crippen LogP contribution is -2.28. The van der Waals surface area contributed by atoms with Crippen LogP contribution in [0.4, 0.5) is 0 Å². The molecule has 0 rings (SSSR count). The molecule has 0 radical (unpaired) electrons. The maximum Gasteiger partial charge on any atom is 0.472 e. The van der Waals surface area contributed by atoms with Crippen LogP contribution in [0.5, 0.6) is 0 Å². The standard InChI is InChI=1S/C40H74NO7P/c1-3-5-7-9-11-13-15-17-18-19-20-21-22-24-26-28-30-32-35-45-37-39(38-47-49(43,44)46-36-34-41)48-40(42)33-31-29-27-25-23-16-14-12-10-8-6-4-2/h5,7,11-14,17-18,39H,3-4,6,8-10,15-16,19-38,41H2,1-2H3,(H,43,44)/b7-5-,13-11-,14-12-,18-17-. The van der Waals surface area contributed by atoms with Crippen molar-refractivity contribution in [2.24, 2.45) is 5.73 Å². The Morgan fingerprint density at radius 3 is 1.73 bits per heavy atom. The van der Waals surface area contributed by atoms with E-state index < -0.39 is 13.9 Å². The zero-order valence-electron chi connectivity index (χ0n) is 31.4. The molecule has 0 fully saturated rings. The molecule has 0 saturated heterocycles. The first kappa shape index (κ1) is 47.5. The molecule has 2 unspecified atom stereocenters. The molecular formula is C40H74NO7P. The number of allylic oxidation sites excluding steroid dienone is 8. The molecule has 0 aliphatic carbocycles. The van der Waals surface area contributed by atoms with Crippen LogP contribution in [0.1, 0.15) is 162 Å². The Hall–Kier alpha value is -1.54. The van der Waals surface area contributed by atoms with Gasteiger partial charge in [0.15, 0.2) is 0 Å². The van der Waals surface area contributed by atoms with E-state index in [0.717, 1.165) is 70.6 Å². The average Bonchev–Trinajstić information content (AvgIpc) is 3.09. The molecule has 9 heteroatoms. The molecule has 0 aliphatic rings. The quantitative estimate of drug-likeness (QED) is 0.0283. The molecular weight excluding hydrogens is 637 g/mol. The number of ether oxygens (including phenoxy) is 2. The first-order chi connectivity index (χ1) is 23.9. The molecule has 8 nitrogen and oxygen atoms in total. The van der Waals surface area contributed by atoms with Crippen LogP contribution in [-0.4, -0.2) is 49.9 Å². The summed E-state index contributed by atoms with van der Waals surface area (Å²) in [7, 11) is -4.28. The van der Waals surface area contributed by atoms with Gasteiger partial charge in [-0.05, 0) is 70.6 Å². The van der Waals surface area contributed by atoms with Crippen molar-refractivity contribution in [2.45, 2.75) is 168 Å². The zero-order chi connectivity index (χ0) is 35.9. The summed E-state index contributed by atoms with van der Waals surface area (Å²) in [5.41, 5.74) is 5.35. The molecule has 0 aliphatic heterocycles. The molecule has 49 heavy (non-hydrogen) atoms. The number of unbranched alkanes of at least 4 members (excludes halogenated alkanes) is 16. The Balaban J connectivity index is 4.07. The number of rotatable bonds is 37. The Bertz CT molecular complexity index is 890. The number of esters is 1. The Morgan fingerprint density at radius 1 is 0.633 bits per heavy atom. The van der Waals surface area contributed by atoms with E-state index in [4.69, 9.17) is 24.3 Å². The van der Waals surface area contributed by atoms with E-state index in [9.17, 15) is 14.3 Å². The van der Waals surface area contributed by atoms with Crippen LogP contribution in [0.25, 0.3) is 0 Å². The van der Waals surface area contributed by atoms with Gasteiger partial charge in [-0.3, -0.25) is 13.8 Å². The summed E-state index contributed by atoms with van der Waals surface area (Å²) in [5, 5.41) is 0. The number of nitrogens with two attached hydrogens (primary N) is 1. The van der Waals surface area contributed by atoms with Crippen LogP contribution >= 0.6 is 7.82 Å². The fourth-order valence-electron chi connectivity index (χ4n) is 5.12. The van der Waals surface area contributed by atoms with E-state index in [0.29, 0.717) is 13.0 Å². The maximum absolute atomic E-state index is 12.5. The van der Waals surface area contributed by atoms with Crippen molar-refractivity contribution in [3.05, 3.63) is 48.6 Å². The monoisotopic (exact) mass is 712 g/mol. The van der Waals surface area contributed by atoms with Crippen molar-refractivity contribution in [1.29, 1.82) is 0 Å². The van der Waals surface area contributed by atoms with E-state index in [1.807, 2.05) is 0 Å². The third kappa shape index (κ3) is 37.5. The van der Waals surface area contributed by atoms with Gasteiger partial charge in [0.05, 0.1) is 19.8 Å². The highest BCUT2D eigenvalue weighted by atomic mass is 31.2. The van der Waals surface area contributed by atoms with Crippen LogP contribution < -0.4 is 5.73 Å². The van der Waals surface area contributed by atoms with Crippen LogP contribution in [0.2, 0.25) is 0 Å². The lowest BCUT2D eigenvalue weighted by Gasteiger charge is -2.20. The summed E-state index contributed by atoms with van der Waals surface area (Å²) < 4.78 is 33.3. The molecule has 0 aromatic rings. The minimum absolute atomic E-state index is 0.0961. The van der Waals surface area contributed by atoms with Crippen LogP contribution in [0.15, 0.2) is 48.6 Å². The van der Waals surface area contributed by atoms with Crippen molar-refractivity contribution in [3.8, 4) is 0 Å². The van der Waals surface area contributed by atoms with Crippen LogP contribution in [-0.2, 0) is 27.9 Å². The second-order valence-corrected chi connectivity index (χ2v) is 14.2. The van der Waals surface area contributed by atoms with Crippen molar-refractivity contribution < 1.29 is 32.8 Å². The second-order valence-electron chi connectivity index (χ2n) is 12.8. The van der Waals surface area contributed by atoms with Crippen LogP contribution in [0.3, 0.4) is 0 Å². The van der Waals surface area contributed by atoms with E-state index >= 15 is 0 Å². The van der Waals surface area contributed by atoms with Crippen molar-refractivity contribution in [3.63, 3.8) is 0 Å². The van der Waals surface area contributed by atoms with Gasteiger partial charge in [-0.1, -0.05) is 133 Å². The van der Waals surface area contributed by atoms with Gasteiger partial charge in [-0.2, -0.15) is 0 Å². The number of carbonyl (C=O) groups excluding carboxylic acids is 1. The molecule has 0 amide bonds. The molecule has 0 saturated carbocycles. The molecule has 286 valence electrons. The van der Waals surface area contributed by atoms with Gasteiger partial charge in [0, 0.05) is 19.6 Å². The highest BCUT2D eigenvalue weighted by Gasteiger charge is 2.25. The summed E-state index contributed by atoms with van der Waals surface area (Å²) in [6.07, 6.45) is 42.7. The number of phosphoric acid groups is 1. The summed E-state index contributed by atoms with van der Waals surface area (Å²) in [5.74, 6) is -0.345. The summed E-state index contributed by atoms with van der Waals surface area (Å²) in [6.45, 7) is 4.75. The fraction of sp³-hybridized carbons (Fsp3) is 0.775. The second kappa shape index (κ2) is 37.7. The Morgan fingerprint density at radius 2 is 1.14 bits per heavy atom. The number of hydrogen-bond donors (Lipinski definition) is 2. The first-order valence-electron chi connectivity index (χ1n) is 19.6. The van der Waals surface area contributed by atoms with E-state index in [2.05, 4.69) is 62.5 Å². The highest BCUT2D eigenvalue weighted by molar-refractivity contribution is 7.47. The van der Waals surface area contributed by atoms with Gasteiger partial charge in [0.2, 0.25) is 0 Å². The minimum Gasteiger partial charge on any atom is -0.457 e. The number of hydrogen-bond acceptors (Lipinski definition) is 7. The predicted octanol–water partition coefficient (Wildman–Crippen LogP) is 11.2. The van der Waals surface area contributed by atoms with Crippen molar-refractivity contribution in [1.82, 2.24) is 0 Å². The Labute approximate surface area is 301 Å². The molecule has 0 aromatic carbocycles. The molecule has 0 heterocycles. The van der Waals surface area contributed by atoms with Crippen molar-refractivity contribution >= 4 is 13.8 Å².